The number of alkyl halides is 1. The fourth-order valence-corrected chi connectivity index (χ4v) is 2.24. The zero-order valence-corrected chi connectivity index (χ0v) is 7.73. The van der Waals surface area contributed by atoms with Crippen LogP contribution in [0.3, 0.4) is 0 Å². The summed E-state index contributed by atoms with van der Waals surface area (Å²) in [6.45, 7) is 3.16. The van der Waals surface area contributed by atoms with Gasteiger partial charge < -0.3 is 0 Å². The lowest BCUT2D eigenvalue weighted by atomic mass is 10.0. The number of nitrogens with zero attached hydrogens (tertiary/aromatic N) is 1. The first kappa shape index (κ1) is 9.13. The van der Waals surface area contributed by atoms with Crippen molar-refractivity contribution in [3.05, 3.63) is 0 Å². The lowest BCUT2D eigenvalue weighted by Gasteiger charge is -2.09. The SMILES string of the molecule is CC1CN(S(C)=O)CC1CF. The summed E-state index contributed by atoms with van der Waals surface area (Å²) >= 11 is 0. The van der Waals surface area contributed by atoms with E-state index < -0.39 is 11.0 Å². The highest BCUT2D eigenvalue weighted by Crippen LogP contribution is 2.23. The van der Waals surface area contributed by atoms with E-state index >= 15 is 0 Å². The van der Waals surface area contributed by atoms with Crippen molar-refractivity contribution in [1.29, 1.82) is 0 Å². The third kappa shape index (κ3) is 1.99. The summed E-state index contributed by atoms with van der Waals surface area (Å²) in [6, 6.07) is 0. The number of rotatable bonds is 2. The molecule has 0 radical (unpaired) electrons. The third-order valence-electron chi connectivity index (χ3n) is 2.30. The molecular weight excluding hydrogens is 165 g/mol. The van der Waals surface area contributed by atoms with Crippen LogP contribution >= 0.6 is 0 Å². The predicted molar refractivity (Wildman–Crippen MR) is 44.3 cm³/mol. The second-order valence-electron chi connectivity index (χ2n) is 3.16. The molecule has 0 amide bonds. The van der Waals surface area contributed by atoms with Crippen LogP contribution in [0.5, 0.6) is 0 Å². The highest BCUT2D eigenvalue weighted by atomic mass is 32.2. The molecule has 3 unspecified atom stereocenters. The smallest absolute Gasteiger partial charge is 0.0938 e. The number of hydrogen-bond acceptors (Lipinski definition) is 1. The Morgan fingerprint density at radius 3 is 2.55 bits per heavy atom. The molecule has 1 aliphatic heterocycles. The van der Waals surface area contributed by atoms with Gasteiger partial charge in [0.25, 0.3) is 0 Å². The van der Waals surface area contributed by atoms with Crippen LogP contribution in [0.1, 0.15) is 6.92 Å². The molecular formula is C7H14FNOS. The summed E-state index contributed by atoms with van der Waals surface area (Å²) < 4.78 is 25.1. The molecule has 1 aliphatic rings. The molecule has 2 nitrogen and oxygen atoms in total. The van der Waals surface area contributed by atoms with Crippen molar-refractivity contribution in [3.8, 4) is 0 Å². The van der Waals surface area contributed by atoms with Gasteiger partial charge in [0.2, 0.25) is 0 Å². The zero-order valence-electron chi connectivity index (χ0n) is 6.92. The van der Waals surface area contributed by atoms with Crippen LogP contribution in [0.2, 0.25) is 0 Å². The van der Waals surface area contributed by atoms with Gasteiger partial charge in [-0.15, -0.1) is 0 Å². The molecule has 0 aromatic rings. The van der Waals surface area contributed by atoms with E-state index in [1.807, 2.05) is 11.2 Å². The third-order valence-corrected chi connectivity index (χ3v) is 3.32. The summed E-state index contributed by atoms with van der Waals surface area (Å²) in [7, 11) is -0.917. The summed E-state index contributed by atoms with van der Waals surface area (Å²) in [4.78, 5) is 0. The summed E-state index contributed by atoms with van der Waals surface area (Å²) in [5.74, 6) is 0.447. The molecule has 0 aromatic heterocycles. The molecule has 1 heterocycles. The monoisotopic (exact) mass is 179 g/mol. The zero-order chi connectivity index (χ0) is 8.43. The topological polar surface area (TPSA) is 20.3 Å². The van der Waals surface area contributed by atoms with E-state index in [1.165, 1.54) is 0 Å². The minimum Gasteiger partial charge on any atom is -0.251 e. The molecule has 0 saturated carbocycles. The van der Waals surface area contributed by atoms with Crippen LogP contribution in [0.15, 0.2) is 0 Å². The highest BCUT2D eigenvalue weighted by molar-refractivity contribution is 7.81. The van der Waals surface area contributed by atoms with Gasteiger partial charge in [0.1, 0.15) is 0 Å². The molecule has 0 spiro atoms. The Labute approximate surface area is 69.4 Å². The fraction of sp³-hybridized carbons (Fsp3) is 1.00. The molecule has 0 N–H and O–H groups in total. The van der Waals surface area contributed by atoms with Crippen molar-refractivity contribution in [3.63, 3.8) is 0 Å². The van der Waals surface area contributed by atoms with Crippen molar-refractivity contribution in [2.45, 2.75) is 6.92 Å². The summed E-state index contributed by atoms with van der Waals surface area (Å²) in [6.07, 6.45) is 1.65. The van der Waals surface area contributed by atoms with E-state index in [4.69, 9.17) is 0 Å². The van der Waals surface area contributed by atoms with Gasteiger partial charge >= 0.3 is 0 Å². The molecule has 0 aromatic carbocycles. The minimum atomic E-state index is -0.917. The first-order valence-electron chi connectivity index (χ1n) is 3.79. The Morgan fingerprint density at radius 2 is 2.27 bits per heavy atom. The molecule has 1 rings (SSSR count). The molecule has 0 bridgehead atoms. The van der Waals surface area contributed by atoms with Crippen molar-refractivity contribution in [2.75, 3.05) is 26.0 Å². The lowest BCUT2D eigenvalue weighted by Crippen LogP contribution is -2.22. The van der Waals surface area contributed by atoms with Gasteiger partial charge in [0.05, 0.1) is 17.7 Å². The first-order chi connectivity index (χ1) is 5.15. The van der Waals surface area contributed by atoms with Gasteiger partial charge in [-0.05, 0) is 5.92 Å². The summed E-state index contributed by atoms with van der Waals surface area (Å²) in [5.41, 5.74) is 0. The highest BCUT2D eigenvalue weighted by Gasteiger charge is 2.30. The Bertz CT molecular complexity index is 165. The van der Waals surface area contributed by atoms with E-state index in [2.05, 4.69) is 0 Å². The standard InChI is InChI=1S/C7H14FNOS/c1-6-4-9(11(2)10)5-7(6)3-8/h6-7H,3-5H2,1-2H3. The lowest BCUT2D eigenvalue weighted by molar-refractivity contribution is 0.326. The molecule has 66 valence electrons. The van der Waals surface area contributed by atoms with Gasteiger partial charge in [-0.1, -0.05) is 6.92 Å². The summed E-state index contributed by atoms with van der Waals surface area (Å²) in [5, 5.41) is 0. The van der Waals surface area contributed by atoms with Crippen molar-refractivity contribution >= 4 is 11.0 Å². The average Bonchev–Trinajstić information content (AvgIpc) is 2.31. The van der Waals surface area contributed by atoms with E-state index in [1.54, 1.807) is 6.26 Å². The van der Waals surface area contributed by atoms with Crippen LogP contribution in [0.4, 0.5) is 4.39 Å². The van der Waals surface area contributed by atoms with E-state index in [9.17, 15) is 8.60 Å². The van der Waals surface area contributed by atoms with Crippen LogP contribution in [-0.4, -0.2) is 34.5 Å². The van der Waals surface area contributed by atoms with E-state index in [0.29, 0.717) is 12.5 Å². The Balaban J connectivity index is 2.49. The van der Waals surface area contributed by atoms with Gasteiger partial charge in [0, 0.05) is 25.3 Å². The first-order valence-corrected chi connectivity index (χ1v) is 5.31. The maximum Gasteiger partial charge on any atom is 0.0938 e. The van der Waals surface area contributed by atoms with Gasteiger partial charge in [0.15, 0.2) is 0 Å². The fourth-order valence-electron chi connectivity index (χ4n) is 1.40. The second kappa shape index (κ2) is 3.63. The van der Waals surface area contributed by atoms with E-state index in [-0.39, 0.29) is 12.6 Å². The maximum atomic E-state index is 12.3. The van der Waals surface area contributed by atoms with Crippen LogP contribution in [-0.2, 0) is 11.0 Å². The normalized spacial score (nSPS) is 35.9. The van der Waals surface area contributed by atoms with Crippen LogP contribution in [0.25, 0.3) is 0 Å². The van der Waals surface area contributed by atoms with E-state index in [0.717, 1.165) is 6.54 Å². The molecule has 3 atom stereocenters. The molecule has 1 saturated heterocycles. The average molecular weight is 179 g/mol. The Kier molecular flexibility index (Phi) is 3.01. The number of halogens is 1. The predicted octanol–water partition coefficient (Wildman–Crippen LogP) is 0.817. The number of hydrogen-bond donors (Lipinski definition) is 0. The van der Waals surface area contributed by atoms with Crippen molar-refractivity contribution in [2.24, 2.45) is 11.8 Å². The van der Waals surface area contributed by atoms with Crippen molar-refractivity contribution in [1.82, 2.24) is 4.31 Å². The maximum absolute atomic E-state index is 12.3. The minimum absolute atomic E-state index is 0.0962. The molecule has 11 heavy (non-hydrogen) atoms. The van der Waals surface area contributed by atoms with Gasteiger partial charge in [-0.25, -0.2) is 8.51 Å². The molecule has 4 heteroatoms. The Hall–Kier alpha value is 0.0400. The quantitative estimate of drug-likeness (QED) is 0.614. The van der Waals surface area contributed by atoms with Gasteiger partial charge in [-0.2, -0.15) is 0 Å². The van der Waals surface area contributed by atoms with Crippen LogP contribution in [0, 0.1) is 11.8 Å². The second-order valence-corrected chi connectivity index (χ2v) is 4.53. The Morgan fingerprint density at radius 1 is 1.64 bits per heavy atom. The van der Waals surface area contributed by atoms with Gasteiger partial charge in [-0.3, -0.25) is 4.39 Å². The molecule has 0 aliphatic carbocycles. The largest absolute Gasteiger partial charge is 0.251 e. The van der Waals surface area contributed by atoms with Crippen LogP contribution < -0.4 is 0 Å². The van der Waals surface area contributed by atoms with Crippen molar-refractivity contribution < 1.29 is 8.60 Å². The molecule has 1 fully saturated rings.